The van der Waals surface area contributed by atoms with E-state index in [4.69, 9.17) is 11.6 Å². The highest BCUT2D eigenvalue weighted by Gasteiger charge is 2.08. The van der Waals surface area contributed by atoms with Crippen LogP contribution in [0.3, 0.4) is 0 Å². The summed E-state index contributed by atoms with van der Waals surface area (Å²) in [5.41, 5.74) is 1.82. The molecule has 4 heteroatoms. The fraction of sp³-hybridized carbons (Fsp3) is 0.333. The number of benzene rings is 1. The van der Waals surface area contributed by atoms with Crippen LogP contribution in [-0.4, -0.2) is 16.5 Å². The molecule has 0 fully saturated rings. The average molecular weight is 276 g/mol. The van der Waals surface area contributed by atoms with Gasteiger partial charge in [0.2, 0.25) is 0 Å². The first kappa shape index (κ1) is 13.8. The van der Waals surface area contributed by atoms with Crippen LogP contribution in [-0.2, 0) is 6.42 Å². The van der Waals surface area contributed by atoms with Gasteiger partial charge in [-0.3, -0.25) is 0 Å². The Morgan fingerprint density at radius 3 is 2.63 bits per heavy atom. The molecular weight excluding hydrogens is 258 g/mol. The van der Waals surface area contributed by atoms with Gasteiger partial charge in [0.1, 0.15) is 11.6 Å². The quantitative estimate of drug-likeness (QED) is 0.889. The molecule has 3 nitrogen and oxygen atoms in total. The van der Waals surface area contributed by atoms with E-state index in [1.54, 1.807) is 0 Å². The van der Waals surface area contributed by atoms with Crippen molar-refractivity contribution in [2.24, 2.45) is 0 Å². The van der Waals surface area contributed by atoms with E-state index in [2.05, 4.69) is 29.1 Å². The molecule has 0 aliphatic heterocycles. The lowest BCUT2D eigenvalue weighted by atomic mass is 10.1. The highest BCUT2D eigenvalue weighted by molar-refractivity contribution is 6.33. The fourth-order valence-corrected chi connectivity index (χ4v) is 2.04. The third-order valence-corrected chi connectivity index (χ3v) is 3.12. The number of rotatable bonds is 5. The van der Waals surface area contributed by atoms with Crippen molar-refractivity contribution in [1.82, 2.24) is 9.97 Å². The number of nitrogens with zero attached hydrogens (tertiary/aromatic N) is 2. The van der Waals surface area contributed by atoms with E-state index in [1.165, 1.54) is 0 Å². The van der Waals surface area contributed by atoms with Gasteiger partial charge in [-0.2, -0.15) is 0 Å². The minimum atomic E-state index is 0.713. The molecule has 1 heterocycles. The molecule has 1 aromatic carbocycles. The highest BCUT2D eigenvalue weighted by atomic mass is 35.5. The zero-order chi connectivity index (χ0) is 13.7. The first-order chi connectivity index (χ1) is 9.24. The van der Waals surface area contributed by atoms with Gasteiger partial charge in [-0.05, 0) is 12.5 Å². The molecule has 0 aliphatic carbocycles. The molecule has 19 heavy (non-hydrogen) atoms. The van der Waals surface area contributed by atoms with Crippen LogP contribution in [0.1, 0.15) is 26.1 Å². The molecule has 0 saturated heterocycles. The van der Waals surface area contributed by atoms with Crippen LogP contribution in [0, 0.1) is 0 Å². The Morgan fingerprint density at radius 2 is 1.95 bits per heavy atom. The maximum absolute atomic E-state index is 6.23. The largest absolute Gasteiger partial charge is 0.370 e. The molecule has 1 aromatic heterocycles. The Morgan fingerprint density at radius 1 is 1.16 bits per heavy atom. The zero-order valence-electron chi connectivity index (χ0n) is 11.3. The number of hydrogen-bond donors (Lipinski definition) is 1. The van der Waals surface area contributed by atoms with E-state index in [0.29, 0.717) is 5.02 Å². The van der Waals surface area contributed by atoms with Crippen LogP contribution in [0.4, 0.5) is 5.82 Å². The van der Waals surface area contributed by atoms with E-state index in [1.807, 2.05) is 30.3 Å². The third-order valence-electron chi connectivity index (χ3n) is 2.79. The van der Waals surface area contributed by atoms with Crippen molar-refractivity contribution < 1.29 is 0 Å². The number of anilines is 1. The summed E-state index contributed by atoms with van der Waals surface area (Å²) in [5.74, 6) is 1.69. The maximum atomic E-state index is 6.23. The topological polar surface area (TPSA) is 37.8 Å². The highest BCUT2D eigenvalue weighted by Crippen LogP contribution is 2.27. The van der Waals surface area contributed by atoms with Gasteiger partial charge in [0.25, 0.3) is 0 Å². The van der Waals surface area contributed by atoms with Crippen molar-refractivity contribution in [2.45, 2.75) is 26.7 Å². The summed E-state index contributed by atoms with van der Waals surface area (Å²) in [6, 6.07) is 9.70. The molecule has 100 valence electrons. The van der Waals surface area contributed by atoms with E-state index >= 15 is 0 Å². The van der Waals surface area contributed by atoms with Crippen LogP contribution in [0.25, 0.3) is 11.3 Å². The Labute approximate surface area is 119 Å². The summed E-state index contributed by atoms with van der Waals surface area (Å²) in [4.78, 5) is 9.03. The van der Waals surface area contributed by atoms with Gasteiger partial charge in [-0.1, -0.05) is 43.6 Å². The fourth-order valence-electron chi connectivity index (χ4n) is 1.81. The van der Waals surface area contributed by atoms with Gasteiger partial charge in [0.15, 0.2) is 0 Å². The minimum Gasteiger partial charge on any atom is -0.370 e. The van der Waals surface area contributed by atoms with Crippen LogP contribution >= 0.6 is 11.6 Å². The smallest absolute Gasteiger partial charge is 0.131 e. The summed E-state index contributed by atoms with van der Waals surface area (Å²) >= 11 is 6.23. The lowest BCUT2D eigenvalue weighted by Crippen LogP contribution is -2.05. The van der Waals surface area contributed by atoms with Gasteiger partial charge in [-0.15, -0.1) is 0 Å². The van der Waals surface area contributed by atoms with E-state index < -0.39 is 0 Å². The predicted octanol–water partition coefficient (Wildman–Crippen LogP) is 4.18. The summed E-state index contributed by atoms with van der Waals surface area (Å²) < 4.78 is 0. The lowest BCUT2D eigenvalue weighted by Gasteiger charge is -2.09. The second kappa shape index (κ2) is 6.53. The third kappa shape index (κ3) is 3.44. The predicted molar refractivity (Wildman–Crippen MR) is 80.6 cm³/mol. The molecule has 0 bridgehead atoms. The monoisotopic (exact) mass is 275 g/mol. The van der Waals surface area contributed by atoms with Crippen molar-refractivity contribution in [3.05, 3.63) is 41.2 Å². The van der Waals surface area contributed by atoms with Crippen molar-refractivity contribution in [3.63, 3.8) is 0 Å². The number of aromatic nitrogens is 2. The Bertz CT molecular complexity index is 555. The standard InChI is InChI=1S/C15H18ClN3/c1-3-9-17-15-10-13(18-14(4-2)19-15)11-7-5-6-8-12(11)16/h5-8,10H,3-4,9H2,1-2H3,(H,17,18,19). The van der Waals surface area contributed by atoms with Gasteiger partial charge < -0.3 is 5.32 Å². The molecule has 0 aliphatic rings. The molecule has 0 radical (unpaired) electrons. The minimum absolute atomic E-state index is 0.713. The van der Waals surface area contributed by atoms with Gasteiger partial charge in [0.05, 0.1) is 5.69 Å². The van der Waals surface area contributed by atoms with Crippen molar-refractivity contribution in [1.29, 1.82) is 0 Å². The Hall–Kier alpha value is -1.61. The Kier molecular flexibility index (Phi) is 4.74. The molecular formula is C15H18ClN3. The van der Waals surface area contributed by atoms with Crippen molar-refractivity contribution in [2.75, 3.05) is 11.9 Å². The number of nitrogens with one attached hydrogen (secondary N) is 1. The maximum Gasteiger partial charge on any atom is 0.131 e. The van der Waals surface area contributed by atoms with Crippen molar-refractivity contribution in [3.8, 4) is 11.3 Å². The average Bonchev–Trinajstić information content (AvgIpc) is 2.45. The molecule has 0 unspecified atom stereocenters. The van der Waals surface area contributed by atoms with E-state index in [-0.39, 0.29) is 0 Å². The first-order valence-corrected chi connectivity index (χ1v) is 6.99. The van der Waals surface area contributed by atoms with Crippen LogP contribution in [0.5, 0.6) is 0 Å². The molecule has 0 spiro atoms. The molecule has 0 saturated carbocycles. The zero-order valence-corrected chi connectivity index (χ0v) is 12.0. The van der Waals surface area contributed by atoms with Crippen LogP contribution in [0.15, 0.2) is 30.3 Å². The molecule has 2 aromatic rings. The summed E-state index contributed by atoms with van der Waals surface area (Å²) in [5, 5.41) is 4.02. The number of aryl methyl sites for hydroxylation is 1. The molecule has 0 amide bonds. The summed E-state index contributed by atoms with van der Waals surface area (Å²) in [6.07, 6.45) is 1.87. The normalized spacial score (nSPS) is 10.5. The SMILES string of the molecule is CCCNc1cc(-c2ccccc2Cl)nc(CC)n1. The molecule has 1 N–H and O–H groups in total. The first-order valence-electron chi connectivity index (χ1n) is 6.61. The Balaban J connectivity index is 2.42. The van der Waals surface area contributed by atoms with E-state index in [0.717, 1.165) is 42.3 Å². The van der Waals surface area contributed by atoms with Gasteiger partial charge >= 0.3 is 0 Å². The lowest BCUT2D eigenvalue weighted by molar-refractivity contribution is 0.919. The number of halogens is 1. The summed E-state index contributed by atoms with van der Waals surface area (Å²) in [6.45, 7) is 5.08. The van der Waals surface area contributed by atoms with Gasteiger partial charge in [0, 0.05) is 29.6 Å². The number of hydrogen-bond acceptors (Lipinski definition) is 3. The van der Waals surface area contributed by atoms with Crippen molar-refractivity contribution >= 4 is 17.4 Å². The molecule has 0 atom stereocenters. The van der Waals surface area contributed by atoms with Gasteiger partial charge in [-0.25, -0.2) is 9.97 Å². The second-order valence-electron chi connectivity index (χ2n) is 4.31. The van der Waals surface area contributed by atoms with E-state index in [9.17, 15) is 0 Å². The second-order valence-corrected chi connectivity index (χ2v) is 4.72. The van der Waals surface area contributed by atoms with Crippen LogP contribution < -0.4 is 5.32 Å². The summed E-state index contributed by atoms with van der Waals surface area (Å²) in [7, 11) is 0. The van der Waals surface area contributed by atoms with Crippen LogP contribution in [0.2, 0.25) is 5.02 Å². The molecule has 2 rings (SSSR count).